The van der Waals surface area contributed by atoms with Crippen molar-refractivity contribution >= 4 is 5.69 Å². The molecule has 3 heteroatoms. The van der Waals surface area contributed by atoms with Crippen molar-refractivity contribution in [2.45, 2.75) is 38.8 Å². The molecule has 1 fully saturated rings. The number of hydrogen-bond acceptors (Lipinski definition) is 3. The highest BCUT2D eigenvalue weighted by Crippen LogP contribution is 2.23. The summed E-state index contributed by atoms with van der Waals surface area (Å²) in [6, 6.07) is 8.50. The minimum Gasteiger partial charge on any atom is -0.387 e. The second-order valence-corrected chi connectivity index (χ2v) is 6.43. The van der Waals surface area contributed by atoms with Crippen molar-refractivity contribution in [2.75, 3.05) is 24.5 Å². The molecule has 1 saturated heterocycles. The monoisotopic (exact) mass is 248 g/mol. The second-order valence-electron chi connectivity index (χ2n) is 6.43. The van der Waals surface area contributed by atoms with Gasteiger partial charge in [-0.05, 0) is 39.8 Å². The first-order valence-corrected chi connectivity index (χ1v) is 6.57. The van der Waals surface area contributed by atoms with E-state index in [9.17, 15) is 5.11 Å². The van der Waals surface area contributed by atoms with Crippen LogP contribution in [0.2, 0.25) is 0 Å². The molecular formula is C15H24N2O. The molecule has 0 amide bonds. The van der Waals surface area contributed by atoms with Gasteiger partial charge in [0.1, 0.15) is 0 Å². The third kappa shape index (κ3) is 3.24. The van der Waals surface area contributed by atoms with Crippen molar-refractivity contribution in [1.29, 1.82) is 0 Å². The molecule has 0 radical (unpaired) electrons. The van der Waals surface area contributed by atoms with Crippen LogP contribution < -0.4 is 10.2 Å². The smallest absolute Gasteiger partial charge is 0.0917 e. The minimum atomic E-state index is -0.696. The fourth-order valence-corrected chi connectivity index (χ4v) is 2.42. The SMILES string of the molecule is Cc1ccc(N2CC(C)(O)CNC(C)(C)C2)cc1. The van der Waals surface area contributed by atoms with Crippen LogP contribution in [0.4, 0.5) is 5.69 Å². The van der Waals surface area contributed by atoms with E-state index in [-0.39, 0.29) is 5.54 Å². The topological polar surface area (TPSA) is 35.5 Å². The van der Waals surface area contributed by atoms with Crippen LogP contribution >= 0.6 is 0 Å². The van der Waals surface area contributed by atoms with Gasteiger partial charge in [-0.25, -0.2) is 0 Å². The largest absolute Gasteiger partial charge is 0.387 e. The van der Waals surface area contributed by atoms with E-state index >= 15 is 0 Å². The van der Waals surface area contributed by atoms with Gasteiger partial charge in [-0.2, -0.15) is 0 Å². The average Bonchev–Trinajstić information content (AvgIpc) is 2.36. The lowest BCUT2D eigenvalue weighted by molar-refractivity contribution is 0.0696. The maximum Gasteiger partial charge on any atom is 0.0917 e. The van der Waals surface area contributed by atoms with Gasteiger partial charge in [0, 0.05) is 30.9 Å². The molecule has 2 N–H and O–H groups in total. The summed E-state index contributed by atoms with van der Waals surface area (Å²) in [7, 11) is 0. The van der Waals surface area contributed by atoms with Crippen LogP contribution in [-0.4, -0.2) is 35.9 Å². The summed E-state index contributed by atoms with van der Waals surface area (Å²) < 4.78 is 0. The van der Waals surface area contributed by atoms with Gasteiger partial charge in [-0.15, -0.1) is 0 Å². The maximum atomic E-state index is 10.4. The molecule has 0 bridgehead atoms. The van der Waals surface area contributed by atoms with Gasteiger partial charge in [0.2, 0.25) is 0 Å². The van der Waals surface area contributed by atoms with Gasteiger partial charge >= 0.3 is 0 Å². The van der Waals surface area contributed by atoms with Crippen LogP contribution in [0.1, 0.15) is 26.3 Å². The summed E-state index contributed by atoms with van der Waals surface area (Å²) in [4.78, 5) is 2.26. The molecule has 1 unspecified atom stereocenters. The van der Waals surface area contributed by atoms with Gasteiger partial charge in [-0.3, -0.25) is 0 Å². The summed E-state index contributed by atoms with van der Waals surface area (Å²) >= 11 is 0. The Morgan fingerprint density at radius 3 is 2.33 bits per heavy atom. The van der Waals surface area contributed by atoms with Crippen LogP contribution in [-0.2, 0) is 0 Å². The van der Waals surface area contributed by atoms with Gasteiger partial charge in [-0.1, -0.05) is 17.7 Å². The molecule has 0 aliphatic carbocycles. The Kier molecular flexibility index (Phi) is 3.39. The number of hydrogen-bond donors (Lipinski definition) is 2. The average molecular weight is 248 g/mol. The van der Waals surface area contributed by atoms with Crippen molar-refractivity contribution in [3.8, 4) is 0 Å². The zero-order valence-corrected chi connectivity index (χ0v) is 11.8. The number of nitrogens with one attached hydrogen (secondary N) is 1. The maximum absolute atomic E-state index is 10.4. The first-order valence-electron chi connectivity index (χ1n) is 6.57. The molecule has 1 aromatic carbocycles. The van der Waals surface area contributed by atoms with Crippen LogP contribution in [0.5, 0.6) is 0 Å². The van der Waals surface area contributed by atoms with Crippen LogP contribution in [0.3, 0.4) is 0 Å². The Balaban J connectivity index is 2.26. The van der Waals surface area contributed by atoms with Gasteiger partial charge in [0.15, 0.2) is 0 Å². The summed E-state index contributed by atoms with van der Waals surface area (Å²) in [6.07, 6.45) is 0. The molecule has 1 atom stereocenters. The van der Waals surface area contributed by atoms with E-state index in [1.165, 1.54) is 11.3 Å². The molecular weight excluding hydrogens is 224 g/mol. The molecule has 1 aliphatic rings. The lowest BCUT2D eigenvalue weighted by Crippen LogP contribution is -2.47. The number of aryl methyl sites for hydroxylation is 1. The van der Waals surface area contributed by atoms with Crippen LogP contribution in [0.25, 0.3) is 0 Å². The van der Waals surface area contributed by atoms with E-state index in [0.29, 0.717) is 13.1 Å². The Morgan fingerprint density at radius 1 is 1.11 bits per heavy atom. The Bertz CT molecular complexity index is 391. The van der Waals surface area contributed by atoms with E-state index in [1.54, 1.807) is 0 Å². The fraction of sp³-hybridized carbons (Fsp3) is 0.600. The Labute approximate surface area is 110 Å². The number of anilines is 1. The third-order valence-corrected chi connectivity index (χ3v) is 3.46. The number of benzene rings is 1. The fourth-order valence-electron chi connectivity index (χ4n) is 2.42. The second kappa shape index (κ2) is 4.56. The Hall–Kier alpha value is -1.06. The molecule has 0 aromatic heterocycles. The molecule has 0 saturated carbocycles. The predicted molar refractivity (Wildman–Crippen MR) is 76.1 cm³/mol. The van der Waals surface area contributed by atoms with Crippen LogP contribution in [0, 0.1) is 6.92 Å². The van der Waals surface area contributed by atoms with E-state index in [1.807, 2.05) is 6.92 Å². The molecule has 1 heterocycles. The van der Waals surface area contributed by atoms with Gasteiger partial charge < -0.3 is 15.3 Å². The molecule has 18 heavy (non-hydrogen) atoms. The molecule has 1 aromatic rings. The molecule has 3 nitrogen and oxygen atoms in total. The lowest BCUT2D eigenvalue weighted by atomic mass is 10.1. The first-order chi connectivity index (χ1) is 8.27. The van der Waals surface area contributed by atoms with Gasteiger partial charge in [0.25, 0.3) is 0 Å². The number of β-amino-alcohol motifs (C(OH)–C–C–N with tert-alkyl or cyclic N) is 1. The highest BCUT2D eigenvalue weighted by atomic mass is 16.3. The lowest BCUT2D eigenvalue weighted by Gasteiger charge is -2.32. The van der Waals surface area contributed by atoms with Crippen molar-refractivity contribution in [3.05, 3.63) is 29.8 Å². The van der Waals surface area contributed by atoms with Crippen molar-refractivity contribution in [3.63, 3.8) is 0 Å². The van der Waals surface area contributed by atoms with Crippen molar-refractivity contribution in [1.82, 2.24) is 5.32 Å². The van der Waals surface area contributed by atoms with E-state index in [2.05, 4.69) is 55.3 Å². The normalized spacial score (nSPS) is 27.9. The quantitative estimate of drug-likeness (QED) is 0.797. The summed E-state index contributed by atoms with van der Waals surface area (Å²) in [5.74, 6) is 0. The van der Waals surface area contributed by atoms with E-state index in [0.717, 1.165) is 6.54 Å². The van der Waals surface area contributed by atoms with Crippen molar-refractivity contribution in [2.24, 2.45) is 0 Å². The van der Waals surface area contributed by atoms with Crippen LogP contribution in [0.15, 0.2) is 24.3 Å². The third-order valence-electron chi connectivity index (χ3n) is 3.46. The number of rotatable bonds is 1. The van der Waals surface area contributed by atoms with Crippen molar-refractivity contribution < 1.29 is 5.11 Å². The zero-order chi connectivity index (χ0) is 13.4. The van der Waals surface area contributed by atoms with E-state index in [4.69, 9.17) is 0 Å². The minimum absolute atomic E-state index is 0.00533. The van der Waals surface area contributed by atoms with E-state index < -0.39 is 5.60 Å². The summed E-state index contributed by atoms with van der Waals surface area (Å²) in [5, 5.41) is 13.8. The number of nitrogens with zero attached hydrogens (tertiary/aromatic N) is 1. The molecule has 0 spiro atoms. The Morgan fingerprint density at radius 2 is 1.72 bits per heavy atom. The summed E-state index contributed by atoms with van der Waals surface area (Å²) in [6.45, 7) is 10.5. The zero-order valence-electron chi connectivity index (χ0n) is 11.8. The highest BCUT2D eigenvalue weighted by Gasteiger charge is 2.33. The molecule has 2 rings (SSSR count). The molecule has 1 aliphatic heterocycles. The summed E-state index contributed by atoms with van der Waals surface area (Å²) in [5.41, 5.74) is 1.75. The number of aliphatic hydroxyl groups is 1. The standard InChI is InChI=1S/C15H24N2O/c1-12-5-7-13(8-6-12)17-10-14(2,3)16-9-15(4,18)11-17/h5-8,16,18H,9-11H2,1-4H3. The van der Waals surface area contributed by atoms with Gasteiger partial charge in [0.05, 0.1) is 5.60 Å². The predicted octanol–water partition coefficient (Wildman–Crippen LogP) is 1.93. The highest BCUT2D eigenvalue weighted by molar-refractivity contribution is 5.48. The first kappa shape index (κ1) is 13.4. The molecule has 100 valence electrons.